The molecular weight excluding hydrogens is 571 g/mol. The van der Waals surface area contributed by atoms with E-state index in [1.165, 1.54) is 53.2 Å². The molecule has 0 saturated carbocycles. The Morgan fingerprint density at radius 2 is 0.872 bits per heavy atom. The van der Waals surface area contributed by atoms with Crippen LogP contribution >= 0.6 is 0 Å². The summed E-state index contributed by atoms with van der Waals surface area (Å²) in [7, 11) is 0. The minimum absolute atomic E-state index is 0.979. The van der Waals surface area contributed by atoms with Gasteiger partial charge in [-0.25, -0.2) is 0 Å². The minimum Gasteiger partial charge on any atom is -0.405 e. The summed E-state index contributed by atoms with van der Waals surface area (Å²) in [4.78, 5) is 2.49. The van der Waals surface area contributed by atoms with Crippen molar-refractivity contribution in [2.45, 2.75) is 25.7 Å². The predicted octanol–water partition coefficient (Wildman–Crippen LogP) is 6.18. The molecule has 1 aromatic heterocycles. The predicted molar refractivity (Wildman–Crippen MR) is 200 cm³/mol. The van der Waals surface area contributed by atoms with Crippen molar-refractivity contribution in [1.82, 2.24) is 4.58 Å². The molecule has 2 saturated heterocycles. The summed E-state index contributed by atoms with van der Waals surface area (Å²) >= 11 is 0. The summed E-state index contributed by atoms with van der Waals surface area (Å²) in [5, 5.41) is 0. The van der Waals surface area contributed by atoms with E-state index in [9.17, 15) is 0 Å². The molecule has 0 aliphatic carbocycles. The van der Waals surface area contributed by atoms with Crippen molar-refractivity contribution in [3.05, 3.63) is 169 Å². The van der Waals surface area contributed by atoms with Gasteiger partial charge in [-0.3, -0.25) is 0 Å². The van der Waals surface area contributed by atoms with E-state index in [0.29, 0.717) is 0 Å². The van der Waals surface area contributed by atoms with Gasteiger partial charge < -0.3 is 9.32 Å². The molecule has 0 radical (unpaired) electrons. The highest BCUT2D eigenvalue weighted by Crippen LogP contribution is 2.25. The standard InChI is InChI=1S/C24H20B.C19H23N2O/c1-5-13-21(14-6-1)25(22-15-7-2-8-16-22,23-17-9-3-10-18-23)24-19-11-4-12-20-24;1-2-8-16(9-3-1)18-14-17(20-10-4-5-11-20)15-19(22-18)21-12-6-7-13-21/h1-20H;1-3,8-9,14-15H,4-7,10-13H2/q-1;+1. The molecule has 0 N–H and O–H groups in total. The summed E-state index contributed by atoms with van der Waals surface area (Å²) in [5.41, 5.74) is 8.85. The Morgan fingerprint density at radius 3 is 1.30 bits per heavy atom. The summed E-state index contributed by atoms with van der Waals surface area (Å²) in [6, 6.07) is 58.4. The van der Waals surface area contributed by atoms with Crippen LogP contribution in [0.2, 0.25) is 0 Å². The maximum Gasteiger partial charge on any atom is 0.369 e. The number of benzene rings is 5. The average molecular weight is 615 g/mol. The Hall–Kier alpha value is -5.09. The van der Waals surface area contributed by atoms with E-state index in [-0.39, 0.29) is 0 Å². The summed E-state index contributed by atoms with van der Waals surface area (Å²) in [6.45, 7) is 4.55. The van der Waals surface area contributed by atoms with Gasteiger partial charge in [-0.2, -0.15) is 26.4 Å². The molecule has 0 bridgehead atoms. The lowest BCUT2D eigenvalue weighted by molar-refractivity contribution is 0.449. The summed E-state index contributed by atoms with van der Waals surface area (Å²) in [5.74, 6) is 0.979. The molecule has 47 heavy (non-hydrogen) atoms. The first-order chi connectivity index (χ1) is 23.3. The van der Waals surface area contributed by atoms with Crippen molar-refractivity contribution in [2.75, 3.05) is 31.1 Å². The van der Waals surface area contributed by atoms with Crippen molar-refractivity contribution in [3.63, 3.8) is 0 Å². The molecule has 3 nitrogen and oxygen atoms in total. The van der Waals surface area contributed by atoms with E-state index in [1.807, 2.05) is 0 Å². The Balaban J connectivity index is 0.000000151. The van der Waals surface area contributed by atoms with Gasteiger partial charge in [-0.1, -0.05) is 152 Å². The molecule has 2 aliphatic heterocycles. The Labute approximate surface area is 279 Å². The molecular formula is C43H43BN2O. The second-order valence-electron chi connectivity index (χ2n) is 12.8. The first-order valence-electron chi connectivity index (χ1n) is 17.2. The number of hydrogen-bond acceptors (Lipinski definition) is 2. The third kappa shape index (κ3) is 6.60. The maximum absolute atomic E-state index is 6.25. The van der Waals surface area contributed by atoms with E-state index >= 15 is 0 Å². The third-order valence-corrected chi connectivity index (χ3v) is 9.91. The molecule has 0 unspecified atom stereocenters. The van der Waals surface area contributed by atoms with Gasteiger partial charge >= 0.3 is 5.55 Å². The first kappa shape index (κ1) is 30.6. The quantitative estimate of drug-likeness (QED) is 0.165. The van der Waals surface area contributed by atoms with Crippen LogP contribution in [0.25, 0.3) is 11.3 Å². The Morgan fingerprint density at radius 1 is 0.468 bits per heavy atom. The van der Waals surface area contributed by atoms with E-state index in [2.05, 4.69) is 173 Å². The van der Waals surface area contributed by atoms with Gasteiger partial charge in [0.05, 0.1) is 11.8 Å². The number of hydrogen-bond donors (Lipinski definition) is 0. The van der Waals surface area contributed by atoms with Crippen molar-refractivity contribution in [3.8, 4) is 11.3 Å². The second-order valence-corrected chi connectivity index (χ2v) is 12.8. The van der Waals surface area contributed by atoms with Gasteiger partial charge in [0.2, 0.25) is 0 Å². The smallest absolute Gasteiger partial charge is 0.369 e. The van der Waals surface area contributed by atoms with E-state index in [0.717, 1.165) is 43.1 Å². The number of anilines is 1. The molecule has 6 aromatic rings. The molecule has 4 heteroatoms. The number of rotatable bonds is 6. The van der Waals surface area contributed by atoms with Crippen LogP contribution in [0.15, 0.2) is 168 Å². The molecule has 0 spiro atoms. The number of nitrogens with zero attached hydrogens (tertiary/aromatic N) is 2. The van der Waals surface area contributed by atoms with Gasteiger partial charge in [0.25, 0.3) is 0 Å². The van der Waals surface area contributed by atoms with E-state index in [1.54, 1.807) is 0 Å². The van der Waals surface area contributed by atoms with Gasteiger partial charge in [-0.05, 0) is 12.8 Å². The van der Waals surface area contributed by atoms with Crippen LogP contribution in [0.1, 0.15) is 25.7 Å². The monoisotopic (exact) mass is 614 g/mol. The Kier molecular flexibility index (Phi) is 9.47. The molecule has 234 valence electrons. The fourth-order valence-corrected chi connectivity index (χ4v) is 7.59. The van der Waals surface area contributed by atoms with E-state index in [4.69, 9.17) is 4.42 Å². The molecule has 0 amide bonds. The van der Waals surface area contributed by atoms with Crippen LogP contribution in [0.3, 0.4) is 0 Å². The van der Waals surface area contributed by atoms with Crippen molar-refractivity contribution in [2.24, 2.45) is 0 Å². The van der Waals surface area contributed by atoms with E-state index < -0.39 is 6.15 Å². The summed E-state index contributed by atoms with van der Waals surface area (Å²) in [6.07, 6.45) is 3.92. The van der Waals surface area contributed by atoms with Gasteiger partial charge in [-0.15, -0.1) is 0 Å². The second kappa shape index (κ2) is 14.6. The average Bonchev–Trinajstić information content (AvgIpc) is 3.91. The van der Waals surface area contributed by atoms with Crippen LogP contribution in [0.5, 0.6) is 0 Å². The maximum atomic E-state index is 6.25. The van der Waals surface area contributed by atoms with Gasteiger partial charge in [0.15, 0.2) is 0 Å². The van der Waals surface area contributed by atoms with Crippen molar-refractivity contribution in [1.29, 1.82) is 0 Å². The van der Waals surface area contributed by atoms with Crippen LogP contribution in [0, 0.1) is 0 Å². The van der Waals surface area contributed by atoms with Crippen LogP contribution < -0.4 is 36.9 Å². The zero-order chi connectivity index (χ0) is 31.7. The fraction of sp³-hybridized carbons (Fsp3) is 0.186. The topological polar surface area (TPSA) is 19.4 Å². The van der Waals surface area contributed by atoms with Gasteiger partial charge in [0, 0.05) is 37.6 Å². The van der Waals surface area contributed by atoms with Crippen LogP contribution in [-0.4, -0.2) is 32.3 Å². The van der Waals surface area contributed by atoms with Crippen LogP contribution in [0.4, 0.5) is 5.69 Å². The minimum atomic E-state index is -1.22. The zero-order valence-corrected chi connectivity index (χ0v) is 27.1. The lowest BCUT2D eigenvalue weighted by Crippen LogP contribution is -2.74. The third-order valence-electron chi connectivity index (χ3n) is 9.91. The lowest BCUT2D eigenvalue weighted by Gasteiger charge is -2.44. The first-order valence-corrected chi connectivity index (χ1v) is 17.2. The fourth-order valence-electron chi connectivity index (χ4n) is 7.59. The highest BCUT2D eigenvalue weighted by Gasteiger charge is 2.31. The molecule has 3 heterocycles. The van der Waals surface area contributed by atoms with Crippen molar-refractivity contribution < 1.29 is 4.42 Å². The highest BCUT2D eigenvalue weighted by atomic mass is 16.3. The van der Waals surface area contributed by atoms with Crippen molar-refractivity contribution >= 4 is 33.7 Å². The molecule has 5 aromatic carbocycles. The molecule has 0 atom stereocenters. The van der Waals surface area contributed by atoms with Gasteiger partial charge in [0.1, 0.15) is 25.0 Å². The molecule has 2 aliphatic rings. The zero-order valence-electron chi connectivity index (χ0n) is 27.1. The van der Waals surface area contributed by atoms with Crippen LogP contribution in [-0.2, 0) is 0 Å². The lowest BCUT2D eigenvalue weighted by atomic mass is 9.13. The largest absolute Gasteiger partial charge is 0.405 e. The summed E-state index contributed by atoms with van der Waals surface area (Å²) < 4.78 is 8.63. The molecule has 8 rings (SSSR count). The normalized spacial score (nSPS) is 14.5. The highest BCUT2D eigenvalue weighted by molar-refractivity contribution is 7.19. The Bertz CT molecular complexity index is 1750. The molecule has 2 fully saturated rings. The SMILES string of the molecule is c1ccc(-c2cc(N3CCCC3)cc(=[N+]3CCCC3)o2)cc1.c1ccc([B-](c2ccccc2)(c2ccccc2)c2ccccc2)cc1.